The van der Waals surface area contributed by atoms with E-state index in [-0.39, 0.29) is 5.91 Å². The Labute approximate surface area is 131 Å². The highest BCUT2D eigenvalue weighted by molar-refractivity contribution is 9.10. The van der Waals surface area contributed by atoms with Gasteiger partial charge in [-0.15, -0.1) is 0 Å². The van der Waals surface area contributed by atoms with Crippen LogP contribution in [-0.4, -0.2) is 5.91 Å². The normalized spacial score (nSPS) is 10.5. The molecule has 0 radical (unpaired) electrons. The molecule has 0 aliphatic carbocycles. The molecule has 0 saturated carbocycles. The fraction of sp³-hybridized carbons (Fsp3) is 0.0556. The van der Waals surface area contributed by atoms with Gasteiger partial charge in [0.15, 0.2) is 0 Å². The Morgan fingerprint density at radius 2 is 1.71 bits per heavy atom. The highest BCUT2D eigenvalue weighted by atomic mass is 79.9. The Morgan fingerprint density at radius 1 is 0.952 bits per heavy atom. The highest BCUT2D eigenvalue weighted by Gasteiger charge is 2.09. The third-order valence-corrected chi connectivity index (χ3v) is 3.87. The zero-order valence-electron chi connectivity index (χ0n) is 11.3. The van der Waals surface area contributed by atoms with Gasteiger partial charge in [-0.1, -0.05) is 64.5 Å². The van der Waals surface area contributed by atoms with Crippen molar-refractivity contribution in [3.63, 3.8) is 0 Å². The first kappa shape index (κ1) is 13.8. The van der Waals surface area contributed by atoms with E-state index in [0.717, 1.165) is 20.8 Å². The molecule has 0 aliphatic rings. The van der Waals surface area contributed by atoms with Crippen LogP contribution in [0.15, 0.2) is 71.2 Å². The second-order valence-electron chi connectivity index (χ2n) is 4.84. The van der Waals surface area contributed by atoms with Crippen LogP contribution in [-0.2, 0) is 6.54 Å². The first-order valence-electron chi connectivity index (χ1n) is 6.74. The Balaban J connectivity index is 1.81. The number of carbonyl (C=O) groups excluding carboxylic acids is 1. The number of hydrogen-bond acceptors (Lipinski definition) is 1. The lowest BCUT2D eigenvalue weighted by Crippen LogP contribution is -2.22. The van der Waals surface area contributed by atoms with Crippen molar-refractivity contribution in [2.45, 2.75) is 6.54 Å². The lowest BCUT2D eigenvalue weighted by atomic mass is 10.0. The van der Waals surface area contributed by atoms with Crippen molar-refractivity contribution >= 4 is 32.6 Å². The maximum absolute atomic E-state index is 12.4. The number of carbonyl (C=O) groups is 1. The summed E-state index contributed by atoms with van der Waals surface area (Å²) in [5, 5.41) is 5.03. The topological polar surface area (TPSA) is 29.1 Å². The summed E-state index contributed by atoms with van der Waals surface area (Å²) in [5.41, 5.74) is 1.78. The molecule has 104 valence electrons. The smallest absolute Gasteiger partial charge is 0.252 e. The standard InChI is InChI=1S/C18H14BrNO/c19-15-8-3-5-13(11-15)12-20-18(21)17-10-4-7-14-6-1-2-9-16(14)17/h1-11H,12H2,(H,20,21). The Morgan fingerprint density at radius 3 is 2.57 bits per heavy atom. The second-order valence-corrected chi connectivity index (χ2v) is 5.75. The van der Waals surface area contributed by atoms with E-state index in [0.29, 0.717) is 12.1 Å². The van der Waals surface area contributed by atoms with E-state index >= 15 is 0 Å². The number of halogens is 1. The van der Waals surface area contributed by atoms with Crippen LogP contribution in [0.4, 0.5) is 0 Å². The third-order valence-electron chi connectivity index (χ3n) is 3.38. The molecule has 3 heteroatoms. The van der Waals surface area contributed by atoms with E-state index in [4.69, 9.17) is 0 Å². The van der Waals surface area contributed by atoms with E-state index in [1.54, 1.807) is 0 Å². The Hall–Kier alpha value is -2.13. The molecular formula is C18H14BrNO. The molecular weight excluding hydrogens is 326 g/mol. The molecule has 0 aromatic heterocycles. The highest BCUT2D eigenvalue weighted by Crippen LogP contribution is 2.18. The number of hydrogen-bond donors (Lipinski definition) is 1. The molecule has 0 saturated heterocycles. The van der Waals surface area contributed by atoms with Crippen LogP contribution in [0.1, 0.15) is 15.9 Å². The van der Waals surface area contributed by atoms with Crippen LogP contribution in [0.2, 0.25) is 0 Å². The van der Waals surface area contributed by atoms with Gasteiger partial charge >= 0.3 is 0 Å². The predicted octanol–water partition coefficient (Wildman–Crippen LogP) is 4.53. The molecule has 0 fully saturated rings. The molecule has 3 aromatic rings. The van der Waals surface area contributed by atoms with E-state index in [1.165, 1.54) is 0 Å². The molecule has 1 N–H and O–H groups in total. The van der Waals surface area contributed by atoms with Crippen molar-refractivity contribution in [2.24, 2.45) is 0 Å². The fourth-order valence-electron chi connectivity index (χ4n) is 2.35. The SMILES string of the molecule is O=C(NCc1cccc(Br)c1)c1cccc2ccccc12. The minimum atomic E-state index is -0.0493. The summed E-state index contributed by atoms with van der Waals surface area (Å²) in [7, 11) is 0. The molecule has 2 nitrogen and oxygen atoms in total. The molecule has 3 aromatic carbocycles. The van der Waals surface area contributed by atoms with Crippen molar-refractivity contribution in [3.8, 4) is 0 Å². The first-order chi connectivity index (χ1) is 10.2. The van der Waals surface area contributed by atoms with Crippen LogP contribution in [0.5, 0.6) is 0 Å². The van der Waals surface area contributed by atoms with Gasteiger partial charge in [-0.3, -0.25) is 4.79 Å². The average molecular weight is 340 g/mol. The molecule has 0 aliphatic heterocycles. The summed E-state index contributed by atoms with van der Waals surface area (Å²) in [6.45, 7) is 0.515. The minimum absolute atomic E-state index is 0.0493. The third kappa shape index (κ3) is 3.14. The molecule has 3 rings (SSSR count). The monoisotopic (exact) mass is 339 g/mol. The lowest BCUT2D eigenvalue weighted by molar-refractivity contribution is 0.0952. The summed E-state index contributed by atoms with van der Waals surface area (Å²) < 4.78 is 1.01. The van der Waals surface area contributed by atoms with Gasteiger partial charge in [0, 0.05) is 16.6 Å². The van der Waals surface area contributed by atoms with Crippen molar-refractivity contribution in [3.05, 3.63) is 82.3 Å². The largest absolute Gasteiger partial charge is 0.348 e. The predicted molar refractivity (Wildman–Crippen MR) is 89.3 cm³/mol. The molecule has 0 bridgehead atoms. The minimum Gasteiger partial charge on any atom is -0.348 e. The quantitative estimate of drug-likeness (QED) is 0.746. The van der Waals surface area contributed by atoms with Gasteiger partial charge in [-0.25, -0.2) is 0 Å². The summed E-state index contributed by atoms with van der Waals surface area (Å²) in [6.07, 6.45) is 0. The van der Waals surface area contributed by atoms with Gasteiger partial charge in [0.2, 0.25) is 0 Å². The average Bonchev–Trinajstić information content (AvgIpc) is 2.52. The van der Waals surface area contributed by atoms with Gasteiger partial charge in [0.25, 0.3) is 5.91 Å². The maximum Gasteiger partial charge on any atom is 0.252 e. The van der Waals surface area contributed by atoms with Gasteiger partial charge in [-0.05, 0) is 34.5 Å². The lowest BCUT2D eigenvalue weighted by Gasteiger charge is -2.08. The van der Waals surface area contributed by atoms with Crippen molar-refractivity contribution in [1.29, 1.82) is 0 Å². The van der Waals surface area contributed by atoms with Crippen molar-refractivity contribution < 1.29 is 4.79 Å². The summed E-state index contributed by atoms with van der Waals surface area (Å²) in [6, 6.07) is 21.6. The van der Waals surface area contributed by atoms with E-state index < -0.39 is 0 Å². The van der Waals surface area contributed by atoms with Gasteiger partial charge in [-0.2, -0.15) is 0 Å². The molecule has 0 unspecified atom stereocenters. The number of fused-ring (bicyclic) bond motifs is 1. The number of benzene rings is 3. The van der Waals surface area contributed by atoms with Crippen LogP contribution >= 0.6 is 15.9 Å². The van der Waals surface area contributed by atoms with E-state index in [1.807, 2.05) is 66.7 Å². The second kappa shape index (κ2) is 6.10. The Kier molecular flexibility index (Phi) is 4.02. The van der Waals surface area contributed by atoms with E-state index in [9.17, 15) is 4.79 Å². The van der Waals surface area contributed by atoms with Gasteiger partial charge < -0.3 is 5.32 Å². The van der Waals surface area contributed by atoms with Crippen LogP contribution < -0.4 is 5.32 Å². The van der Waals surface area contributed by atoms with Crippen LogP contribution in [0.25, 0.3) is 10.8 Å². The number of nitrogens with one attached hydrogen (secondary N) is 1. The van der Waals surface area contributed by atoms with E-state index in [2.05, 4.69) is 21.2 Å². The molecule has 1 amide bonds. The summed E-state index contributed by atoms with van der Waals surface area (Å²) >= 11 is 3.43. The zero-order chi connectivity index (χ0) is 14.7. The molecule has 0 atom stereocenters. The summed E-state index contributed by atoms with van der Waals surface area (Å²) in [5.74, 6) is -0.0493. The van der Waals surface area contributed by atoms with Gasteiger partial charge in [0.05, 0.1) is 0 Å². The zero-order valence-corrected chi connectivity index (χ0v) is 12.9. The molecule has 0 heterocycles. The summed E-state index contributed by atoms with van der Waals surface area (Å²) in [4.78, 5) is 12.4. The van der Waals surface area contributed by atoms with Crippen molar-refractivity contribution in [2.75, 3.05) is 0 Å². The van der Waals surface area contributed by atoms with Gasteiger partial charge in [0.1, 0.15) is 0 Å². The van der Waals surface area contributed by atoms with Crippen LogP contribution in [0, 0.1) is 0 Å². The van der Waals surface area contributed by atoms with Crippen molar-refractivity contribution in [1.82, 2.24) is 5.32 Å². The maximum atomic E-state index is 12.4. The fourth-order valence-corrected chi connectivity index (χ4v) is 2.79. The first-order valence-corrected chi connectivity index (χ1v) is 7.54. The number of amides is 1. The number of rotatable bonds is 3. The molecule has 0 spiro atoms. The van der Waals surface area contributed by atoms with Crippen LogP contribution in [0.3, 0.4) is 0 Å². The molecule has 21 heavy (non-hydrogen) atoms. The Bertz CT molecular complexity index is 793.